The zero-order valence-corrected chi connectivity index (χ0v) is 11.1. The zero-order valence-electron chi connectivity index (χ0n) is 11.1. The second-order valence-electron chi connectivity index (χ2n) is 4.87. The van der Waals surface area contributed by atoms with Crippen molar-refractivity contribution in [2.24, 2.45) is 5.73 Å². The lowest BCUT2D eigenvalue weighted by Crippen LogP contribution is -2.34. The summed E-state index contributed by atoms with van der Waals surface area (Å²) in [4.78, 5) is 0. The van der Waals surface area contributed by atoms with Gasteiger partial charge >= 0.3 is 0 Å². The van der Waals surface area contributed by atoms with Crippen molar-refractivity contribution in [2.45, 2.75) is 32.7 Å². The highest BCUT2D eigenvalue weighted by atomic mass is 19.1. The van der Waals surface area contributed by atoms with Crippen molar-refractivity contribution in [1.29, 1.82) is 0 Å². The van der Waals surface area contributed by atoms with E-state index in [2.05, 4.69) is 0 Å². The van der Waals surface area contributed by atoms with E-state index < -0.39 is 11.4 Å². The molecule has 0 aromatic heterocycles. The van der Waals surface area contributed by atoms with E-state index in [1.165, 1.54) is 20.3 Å². The molecule has 0 saturated carbocycles. The molecule has 0 aliphatic heterocycles. The van der Waals surface area contributed by atoms with Crippen LogP contribution in [0.5, 0.6) is 11.5 Å². The Kier molecular flexibility index (Phi) is 3.98. The van der Waals surface area contributed by atoms with Crippen LogP contribution in [0.25, 0.3) is 0 Å². The summed E-state index contributed by atoms with van der Waals surface area (Å²) in [6, 6.07) is 1.46. The van der Waals surface area contributed by atoms with Crippen LogP contribution in [0.2, 0.25) is 0 Å². The summed E-state index contributed by atoms with van der Waals surface area (Å²) >= 11 is 0. The van der Waals surface area contributed by atoms with Crippen LogP contribution in [0.15, 0.2) is 6.07 Å². The van der Waals surface area contributed by atoms with E-state index in [-0.39, 0.29) is 5.75 Å². The average Bonchev–Trinajstić information content (AvgIpc) is 2.20. The van der Waals surface area contributed by atoms with E-state index in [1.807, 2.05) is 20.8 Å². The maximum absolute atomic E-state index is 13.8. The van der Waals surface area contributed by atoms with Crippen LogP contribution in [0.1, 0.15) is 25.0 Å². The standard InChI is InChI=1S/C13H20FNO2/c1-8-9(7-13(2,3)15)6-10(14)12(17-5)11(8)16-4/h6H,7,15H2,1-5H3. The molecule has 4 heteroatoms. The number of halogens is 1. The Balaban J connectivity index is 3.30. The molecular formula is C13H20FNO2. The Morgan fingerprint density at radius 2 is 1.76 bits per heavy atom. The molecule has 1 aromatic carbocycles. The lowest BCUT2D eigenvalue weighted by Gasteiger charge is -2.22. The number of hydrogen-bond acceptors (Lipinski definition) is 3. The first-order valence-electron chi connectivity index (χ1n) is 5.49. The quantitative estimate of drug-likeness (QED) is 0.880. The van der Waals surface area contributed by atoms with Crippen LogP contribution in [-0.4, -0.2) is 19.8 Å². The highest BCUT2D eigenvalue weighted by molar-refractivity contribution is 5.51. The van der Waals surface area contributed by atoms with Crippen molar-refractivity contribution in [3.05, 3.63) is 23.0 Å². The predicted octanol–water partition coefficient (Wildman–Crippen LogP) is 2.43. The van der Waals surface area contributed by atoms with E-state index in [1.54, 1.807) is 0 Å². The molecule has 1 rings (SSSR count). The maximum Gasteiger partial charge on any atom is 0.197 e. The normalized spacial score (nSPS) is 11.5. The first-order valence-corrected chi connectivity index (χ1v) is 5.49. The van der Waals surface area contributed by atoms with Gasteiger partial charge in [0.2, 0.25) is 0 Å². The van der Waals surface area contributed by atoms with Crippen molar-refractivity contribution in [1.82, 2.24) is 0 Å². The minimum atomic E-state index is -0.422. The average molecular weight is 241 g/mol. The van der Waals surface area contributed by atoms with E-state index in [0.29, 0.717) is 12.2 Å². The van der Waals surface area contributed by atoms with E-state index in [9.17, 15) is 4.39 Å². The van der Waals surface area contributed by atoms with Crippen LogP contribution >= 0.6 is 0 Å². The van der Waals surface area contributed by atoms with Gasteiger partial charge in [0.25, 0.3) is 0 Å². The topological polar surface area (TPSA) is 44.5 Å². The van der Waals surface area contributed by atoms with Crippen LogP contribution in [-0.2, 0) is 6.42 Å². The van der Waals surface area contributed by atoms with Gasteiger partial charge in [-0.05, 0) is 44.4 Å². The number of benzene rings is 1. The SMILES string of the molecule is COc1c(F)cc(CC(C)(C)N)c(C)c1OC. The first kappa shape index (κ1) is 13.8. The summed E-state index contributed by atoms with van der Waals surface area (Å²) in [5.74, 6) is 0.157. The highest BCUT2D eigenvalue weighted by Crippen LogP contribution is 2.36. The molecule has 96 valence electrons. The van der Waals surface area contributed by atoms with Gasteiger partial charge in [0.15, 0.2) is 17.3 Å². The molecule has 0 amide bonds. The molecule has 0 bridgehead atoms. The minimum absolute atomic E-state index is 0.142. The molecule has 0 fully saturated rings. The molecular weight excluding hydrogens is 221 g/mol. The van der Waals surface area contributed by atoms with E-state index in [0.717, 1.165) is 11.1 Å². The summed E-state index contributed by atoms with van der Waals surface area (Å²) in [6.45, 7) is 5.68. The van der Waals surface area contributed by atoms with Crippen LogP contribution in [0.4, 0.5) is 4.39 Å². The van der Waals surface area contributed by atoms with E-state index >= 15 is 0 Å². The van der Waals surface area contributed by atoms with Gasteiger partial charge in [-0.2, -0.15) is 0 Å². The summed E-state index contributed by atoms with van der Waals surface area (Å²) < 4.78 is 24.0. The molecule has 0 unspecified atom stereocenters. The number of nitrogens with two attached hydrogens (primary N) is 1. The molecule has 1 aromatic rings. The summed E-state index contributed by atoms with van der Waals surface area (Å²) in [6.07, 6.45) is 0.579. The fourth-order valence-electron chi connectivity index (χ4n) is 1.86. The number of methoxy groups -OCH3 is 2. The third-order valence-electron chi connectivity index (χ3n) is 2.60. The first-order chi connectivity index (χ1) is 7.80. The second kappa shape index (κ2) is 4.92. The summed E-state index contributed by atoms with van der Waals surface area (Å²) in [5, 5.41) is 0. The van der Waals surface area contributed by atoms with Gasteiger partial charge in [-0.3, -0.25) is 0 Å². The van der Waals surface area contributed by atoms with Crippen LogP contribution in [0, 0.1) is 12.7 Å². The fourth-order valence-corrected chi connectivity index (χ4v) is 1.86. The molecule has 3 nitrogen and oxygen atoms in total. The van der Waals surface area contributed by atoms with Gasteiger partial charge < -0.3 is 15.2 Å². The smallest absolute Gasteiger partial charge is 0.197 e. The zero-order chi connectivity index (χ0) is 13.2. The lowest BCUT2D eigenvalue weighted by molar-refractivity contribution is 0.334. The van der Waals surface area contributed by atoms with Crippen molar-refractivity contribution in [2.75, 3.05) is 14.2 Å². The number of ether oxygens (including phenoxy) is 2. The van der Waals surface area contributed by atoms with E-state index in [4.69, 9.17) is 15.2 Å². The third-order valence-corrected chi connectivity index (χ3v) is 2.60. The van der Waals surface area contributed by atoms with Gasteiger partial charge in [0, 0.05) is 5.54 Å². The van der Waals surface area contributed by atoms with Gasteiger partial charge in [0.05, 0.1) is 14.2 Å². The van der Waals surface area contributed by atoms with Crippen LogP contribution < -0.4 is 15.2 Å². The molecule has 0 atom stereocenters. The number of hydrogen-bond donors (Lipinski definition) is 1. The largest absolute Gasteiger partial charge is 0.492 e. The second-order valence-corrected chi connectivity index (χ2v) is 4.87. The fraction of sp³-hybridized carbons (Fsp3) is 0.538. The molecule has 0 heterocycles. The monoisotopic (exact) mass is 241 g/mol. The highest BCUT2D eigenvalue weighted by Gasteiger charge is 2.20. The lowest BCUT2D eigenvalue weighted by atomic mass is 9.92. The molecule has 0 saturated heterocycles. The number of rotatable bonds is 4. The molecule has 0 aliphatic rings. The molecule has 17 heavy (non-hydrogen) atoms. The summed E-state index contributed by atoms with van der Waals surface area (Å²) in [5.41, 5.74) is 7.27. The van der Waals surface area contributed by atoms with Gasteiger partial charge in [-0.15, -0.1) is 0 Å². The molecule has 0 radical (unpaired) electrons. The maximum atomic E-state index is 13.8. The van der Waals surface area contributed by atoms with Crippen LogP contribution in [0.3, 0.4) is 0 Å². The van der Waals surface area contributed by atoms with Gasteiger partial charge in [-0.1, -0.05) is 0 Å². The Bertz CT molecular complexity index is 411. The Hall–Kier alpha value is -1.29. The van der Waals surface area contributed by atoms with Gasteiger partial charge in [-0.25, -0.2) is 4.39 Å². The Morgan fingerprint density at radius 3 is 2.18 bits per heavy atom. The molecule has 0 spiro atoms. The predicted molar refractivity (Wildman–Crippen MR) is 66.2 cm³/mol. The molecule has 0 aliphatic carbocycles. The van der Waals surface area contributed by atoms with Crippen molar-refractivity contribution < 1.29 is 13.9 Å². The Labute approximate surface area is 102 Å². The molecule has 2 N–H and O–H groups in total. The van der Waals surface area contributed by atoms with Crippen molar-refractivity contribution in [3.63, 3.8) is 0 Å². The van der Waals surface area contributed by atoms with Gasteiger partial charge in [0.1, 0.15) is 0 Å². The van der Waals surface area contributed by atoms with Crippen molar-refractivity contribution in [3.8, 4) is 11.5 Å². The third kappa shape index (κ3) is 3.09. The Morgan fingerprint density at radius 1 is 1.24 bits per heavy atom. The summed E-state index contributed by atoms with van der Waals surface area (Å²) in [7, 11) is 2.93. The van der Waals surface area contributed by atoms with Crippen molar-refractivity contribution >= 4 is 0 Å². The minimum Gasteiger partial charge on any atom is -0.492 e.